The van der Waals surface area contributed by atoms with E-state index in [0.29, 0.717) is 5.88 Å². The summed E-state index contributed by atoms with van der Waals surface area (Å²) in [5, 5.41) is 0. The van der Waals surface area contributed by atoms with E-state index in [9.17, 15) is 0 Å². The van der Waals surface area contributed by atoms with Crippen molar-refractivity contribution in [3.8, 4) is 0 Å². The smallest absolute Gasteiger partial charge is 0.0479 e. The molecule has 0 heterocycles. The van der Waals surface area contributed by atoms with E-state index in [0.717, 1.165) is 11.1 Å². The molecule has 0 aliphatic heterocycles. The van der Waals surface area contributed by atoms with Gasteiger partial charge in [0, 0.05) is 5.88 Å². The molecule has 0 nitrogen and oxygen atoms in total. The van der Waals surface area contributed by atoms with Gasteiger partial charge in [0.15, 0.2) is 0 Å². The maximum absolute atomic E-state index is 5.66. The summed E-state index contributed by atoms with van der Waals surface area (Å²) in [7, 11) is 0. The van der Waals surface area contributed by atoms with Gasteiger partial charge in [0.1, 0.15) is 0 Å². The fourth-order valence-electron chi connectivity index (χ4n) is 0.855. The zero-order valence-electron chi connectivity index (χ0n) is 6.39. The van der Waals surface area contributed by atoms with E-state index < -0.39 is 0 Å². The molecule has 60 valence electrons. The topological polar surface area (TPSA) is 0 Å². The Labute approximate surface area is 75.9 Å². The molecule has 0 aliphatic carbocycles. The van der Waals surface area contributed by atoms with Gasteiger partial charge in [0.25, 0.3) is 0 Å². The van der Waals surface area contributed by atoms with E-state index in [4.69, 9.17) is 11.6 Å². The molecule has 2 heteroatoms. The summed E-state index contributed by atoms with van der Waals surface area (Å²) in [6.07, 6.45) is 1.82. The van der Waals surface area contributed by atoms with Gasteiger partial charge in [-0.05, 0) is 11.1 Å². The number of rotatable bonds is 2. The second-order valence-corrected chi connectivity index (χ2v) is 2.30. The highest BCUT2D eigenvalue weighted by molar-refractivity contribution is 6.92. The van der Waals surface area contributed by atoms with Gasteiger partial charge in [-0.1, -0.05) is 36.9 Å². The third-order valence-corrected chi connectivity index (χ3v) is 1.71. The summed E-state index contributed by atoms with van der Waals surface area (Å²) in [5.74, 6) is 0.558. The minimum atomic E-state index is 0. The van der Waals surface area contributed by atoms with Crippen LogP contribution in [0.25, 0.3) is 6.08 Å². The largest absolute Gasteiger partial charge is 0.153 e. The van der Waals surface area contributed by atoms with E-state index in [1.54, 1.807) is 0 Å². The van der Waals surface area contributed by atoms with Crippen LogP contribution >= 0.6 is 21.5 Å². The van der Waals surface area contributed by atoms with Crippen LogP contribution in [0, 0.1) is 0 Å². The van der Waals surface area contributed by atoms with E-state index >= 15 is 0 Å². The van der Waals surface area contributed by atoms with Gasteiger partial charge in [-0.3, -0.25) is 0 Å². The first-order valence-corrected chi connectivity index (χ1v) is 3.68. The second-order valence-electron chi connectivity index (χ2n) is 2.04. The first-order chi connectivity index (χ1) is 4.88. The van der Waals surface area contributed by atoms with Crippen molar-refractivity contribution in [3.05, 3.63) is 42.0 Å². The molecule has 0 saturated carbocycles. The predicted molar refractivity (Wildman–Crippen MR) is 57.2 cm³/mol. The normalized spacial score (nSPS) is 8.45. The third-order valence-electron chi connectivity index (χ3n) is 1.42. The zero-order valence-corrected chi connectivity index (χ0v) is 8.56. The van der Waals surface area contributed by atoms with Crippen LogP contribution in [0.4, 0.5) is 0 Å². The molecule has 0 spiro atoms. The molecule has 1 unspecified atom stereocenters. The van der Waals surface area contributed by atoms with Gasteiger partial charge in [-0.15, -0.1) is 11.6 Å². The number of hydrogen-bond acceptors (Lipinski definition) is 0. The lowest BCUT2D eigenvalue weighted by atomic mass is 10.1. The van der Waals surface area contributed by atoms with Crippen LogP contribution < -0.4 is 0 Å². The Balaban J connectivity index is 0.000001000. The summed E-state index contributed by atoms with van der Waals surface area (Å²) in [6, 6.07) is 7.96. The average molecular weight is 187 g/mol. The minimum absolute atomic E-state index is 0. The maximum Gasteiger partial charge on any atom is 0.0479 e. The highest BCUT2D eigenvalue weighted by Crippen LogP contribution is 2.11. The van der Waals surface area contributed by atoms with Crippen molar-refractivity contribution in [2.45, 2.75) is 5.88 Å². The van der Waals surface area contributed by atoms with Crippen molar-refractivity contribution in [3.63, 3.8) is 0 Å². The molecule has 0 radical (unpaired) electrons. The first kappa shape index (κ1) is 10.7. The van der Waals surface area contributed by atoms with E-state index in [2.05, 4.69) is 6.58 Å². The highest BCUT2D eigenvalue weighted by atomic mass is 35.5. The Hall–Kier alpha value is -0.320. The Morgan fingerprint density at radius 3 is 2.45 bits per heavy atom. The van der Waals surface area contributed by atoms with Crippen LogP contribution in [0.5, 0.6) is 0 Å². The van der Waals surface area contributed by atoms with E-state index in [-0.39, 0.29) is 9.90 Å². The quantitative estimate of drug-likeness (QED) is 0.492. The molecule has 0 saturated heterocycles. The molecule has 11 heavy (non-hydrogen) atoms. The zero-order chi connectivity index (χ0) is 7.40. The molecule has 0 amide bonds. The van der Waals surface area contributed by atoms with Crippen LogP contribution in [-0.2, 0) is 5.88 Å². The summed E-state index contributed by atoms with van der Waals surface area (Å²) in [5.41, 5.74) is 2.26. The second kappa shape index (κ2) is 5.35. The molecule has 1 atom stereocenters. The minimum Gasteiger partial charge on any atom is -0.153 e. The Kier molecular flexibility index (Phi) is 5.19. The van der Waals surface area contributed by atoms with Gasteiger partial charge in [0.05, 0.1) is 0 Å². The molecule has 0 N–H and O–H groups in total. The standard InChI is InChI=1S/C9H9Cl.H3P/c1-2-8-5-3-4-6-9(8)7-10;/h2-6H,1,7H2;1H3. The third kappa shape index (κ3) is 2.65. The summed E-state index contributed by atoms with van der Waals surface area (Å²) >= 11 is 5.66. The molecule has 1 rings (SSSR count). The van der Waals surface area contributed by atoms with Crippen LogP contribution in [0.3, 0.4) is 0 Å². The Bertz CT molecular complexity index is 233. The van der Waals surface area contributed by atoms with Gasteiger partial charge < -0.3 is 0 Å². The van der Waals surface area contributed by atoms with Crippen LogP contribution in [0.15, 0.2) is 30.8 Å². The first-order valence-electron chi connectivity index (χ1n) is 3.15. The number of alkyl halides is 1. The Morgan fingerprint density at radius 1 is 1.36 bits per heavy atom. The molecule has 0 bridgehead atoms. The number of benzene rings is 1. The van der Waals surface area contributed by atoms with Crippen molar-refractivity contribution in [2.24, 2.45) is 0 Å². The lowest BCUT2D eigenvalue weighted by Gasteiger charge is -1.98. The van der Waals surface area contributed by atoms with Crippen molar-refractivity contribution >= 4 is 27.6 Å². The molecule has 0 aliphatic rings. The average Bonchev–Trinajstić information content (AvgIpc) is 2.04. The van der Waals surface area contributed by atoms with Crippen LogP contribution in [0.2, 0.25) is 0 Å². The number of halogens is 1. The molecule has 0 aromatic heterocycles. The van der Waals surface area contributed by atoms with Crippen molar-refractivity contribution in [1.29, 1.82) is 0 Å². The van der Waals surface area contributed by atoms with Gasteiger partial charge in [-0.2, -0.15) is 9.90 Å². The fourth-order valence-corrected chi connectivity index (χ4v) is 1.10. The van der Waals surface area contributed by atoms with Crippen molar-refractivity contribution in [1.82, 2.24) is 0 Å². The molecular weight excluding hydrogens is 175 g/mol. The monoisotopic (exact) mass is 186 g/mol. The summed E-state index contributed by atoms with van der Waals surface area (Å²) < 4.78 is 0. The van der Waals surface area contributed by atoms with Gasteiger partial charge in [0.2, 0.25) is 0 Å². The fraction of sp³-hybridized carbons (Fsp3) is 0.111. The van der Waals surface area contributed by atoms with Gasteiger partial charge in [-0.25, -0.2) is 0 Å². The molecular formula is C9H12ClP. The molecule has 0 fully saturated rings. The van der Waals surface area contributed by atoms with E-state index in [1.165, 1.54) is 0 Å². The van der Waals surface area contributed by atoms with Crippen molar-refractivity contribution in [2.75, 3.05) is 0 Å². The predicted octanol–water partition coefficient (Wildman–Crippen LogP) is 3.13. The lowest BCUT2D eigenvalue weighted by molar-refractivity contribution is 1.38. The lowest BCUT2D eigenvalue weighted by Crippen LogP contribution is -1.81. The van der Waals surface area contributed by atoms with Crippen molar-refractivity contribution < 1.29 is 0 Å². The maximum atomic E-state index is 5.66. The van der Waals surface area contributed by atoms with Gasteiger partial charge >= 0.3 is 0 Å². The van der Waals surface area contributed by atoms with Crippen LogP contribution in [-0.4, -0.2) is 0 Å². The van der Waals surface area contributed by atoms with E-state index in [1.807, 2.05) is 30.3 Å². The Morgan fingerprint density at radius 2 is 2.00 bits per heavy atom. The summed E-state index contributed by atoms with van der Waals surface area (Å²) in [6.45, 7) is 3.68. The summed E-state index contributed by atoms with van der Waals surface area (Å²) in [4.78, 5) is 0. The molecule has 1 aromatic rings. The SMILES string of the molecule is C=Cc1ccccc1CCl.P. The highest BCUT2D eigenvalue weighted by Gasteiger charge is 1.93. The number of hydrogen-bond donors (Lipinski definition) is 0. The molecule has 1 aromatic carbocycles. The van der Waals surface area contributed by atoms with Crippen LogP contribution in [0.1, 0.15) is 11.1 Å².